The van der Waals surface area contributed by atoms with Crippen molar-refractivity contribution in [3.05, 3.63) is 23.4 Å². The number of anilines is 1. The summed E-state index contributed by atoms with van der Waals surface area (Å²) in [5.74, 6) is 2.22. The quantitative estimate of drug-likeness (QED) is 0.822. The van der Waals surface area contributed by atoms with Crippen molar-refractivity contribution in [2.24, 2.45) is 0 Å². The molecule has 1 aromatic heterocycles. The Labute approximate surface area is 115 Å². The van der Waals surface area contributed by atoms with Crippen molar-refractivity contribution < 1.29 is 0 Å². The molecule has 0 spiro atoms. The Balaban J connectivity index is 2.78. The molecule has 1 rings (SSSR count). The zero-order chi connectivity index (χ0) is 13.5. The zero-order valence-electron chi connectivity index (χ0n) is 12.2. The maximum absolute atomic E-state index is 4.61. The largest absolute Gasteiger partial charge is 0.356 e. The van der Waals surface area contributed by atoms with Crippen molar-refractivity contribution in [2.75, 3.05) is 30.5 Å². The van der Waals surface area contributed by atoms with Crippen LogP contribution in [-0.2, 0) is 6.54 Å². The molecule has 0 saturated carbocycles. The van der Waals surface area contributed by atoms with Gasteiger partial charge in [-0.3, -0.25) is 0 Å². The number of rotatable bonds is 7. The van der Waals surface area contributed by atoms with Crippen molar-refractivity contribution in [3.8, 4) is 0 Å². The first-order valence-corrected chi connectivity index (χ1v) is 7.87. The highest BCUT2D eigenvalue weighted by atomic mass is 32.2. The first-order valence-electron chi connectivity index (χ1n) is 6.48. The monoisotopic (exact) mass is 267 g/mol. The van der Waals surface area contributed by atoms with Crippen LogP contribution < -0.4 is 10.2 Å². The second-order valence-corrected chi connectivity index (χ2v) is 5.59. The highest BCUT2D eigenvalue weighted by Crippen LogP contribution is 2.19. The van der Waals surface area contributed by atoms with Gasteiger partial charge in [-0.2, -0.15) is 11.8 Å². The summed E-state index contributed by atoms with van der Waals surface area (Å²) < 4.78 is 0. The van der Waals surface area contributed by atoms with E-state index in [1.54, 1.807) is 0 Å². The smallest absolute Gasteiger partial charge is 0.131 e. The van der Waals surface area contributed by atoms with Gasteiger partial charge in [0.25, 0.3) is 0 Å². The van der Waals surface area contributed by atoms with Crippen molar-refractivity contribution in [1.82, 2.24) is 10.3 Å². The molecule has 0 aliphatic carbocycles. The number of nitrogens with zero attached hydrogens (tertiary/aromatic N) is 2. The highest BCUT2D eigenvalue weighted by molar-refractivity contribution is 7.98. The average Bonchev–Trinajstić information content (AvgIpc) is 2.36. The number of aryl methyl sites for hydroxylation is 1. The van der Waals surface area contributed by atoms with E-state index in [1.165, 1.54) is 11.1 Å². The van der Waals surface area contributed by atoms with Gasteiger partial charge < -0.3 is 10.2 Å². The Bertz CT molecular complexity index is 368. The summed E-state index contributed by atoms with van der Waals surface area (Å²) in [7, 11) is 2.13. The molecule has 18 heavy (non-hydrogen) atoms. The lowest BCUT2D eigenvalue weighted by atomic mass is 10.2. The molecule has 0 radical (unpaired) electrons. The van der Waals surface area contributed by atoms with Crippen LogP contribution in [0.1, 0.15) is 25.0 Å². The van der Waals surface area contributed by atoms with E-state index in [-0.39, 0.29) is 0 Å². The summed E-state index contributed by atoms with van der Waals surface area (Å²) >= 11 is 1.87. The molecule has 1 aromatic rings. The topological polar surface area (TPSA) is 28.2 Å². The maximum Gasteiger partial charge on any atom is 0.131 e. The van der Waals surface area contributed by atoms with Crippen molar-refractivity contribution in [3.63, 3.8) is 0 Å². The molecule has 1 atom stereocenters. The predicted octanol–water partition coefficient (Wildman–Crippen LogP) is 2.69. The third-order valence-corrected chi connectivity index (χ3v) is 3.91. The fraction of sp³-hybridized carbons (Fsp3) is 0.643. The van der Waals surface area contributed by atoms with E-state index < -0.39 is 0 Å². The Hall–Kier alpha value is -0.740. The Kier molecular flexibility index (Phi) is 6.50. The van der Waals surface area contributed by atoms with Gasteiger partial charge in [-0.05, 0) is 43.8 Å². The standard InChI is InChI=1S/C14H25N3S/c1-6-15-8-13-7-11(2)14(16-9-13)17(4)12(3)10-18-5/h7,9,12,15H,6,8,10H2,1-5H3. The summed E-state index contributed by atoms with van der Waals surface area (Å²) in [5.41, 5.74) is 2.50. The second-order valence-electron chi connectivity index (χ2n) is 4.68. The van der Waals surface area contributed by atoms with E-state index >= 15 is 0 Å². The molecule has 102 valence electrons. The van der Waals surface area contributed by atoms with E-state index in [9.17, 15) is 0 Å². The minimum atomic E-state index is 0.505. The highest BCUT2D eigenvalue weighted by Gasteiger charge is 2.13. The number of aromatic nitrogens is 1. The van der Waals surface area contributed by atoms with Crippen LogP contribution in [0.5, 0.6) is 0 Å². The summed E-state index contributed by atoms with van der Waals surface area (Å²) in [6.07, 6.45) is 4.12. The lowest BCUT2D eigenvalue weighted by molar-refractivity contribution is 0.719. The molecule has 0 bridgehead atoms. The predicted molar refractivity (Wildman–Crippen MR) is 82.6 cm³/mol. The van der Waals surface area contributed by atoms with Gasteiger partial charge in [-0.15, -0.1) is 0 Å². The molecule has 1 heterocycles. The summed E-state index contributed by atoms with van der Waals surface area (Å²) in [5, 5.41) is 3.33. The lowest BCUT2D eigenvalue weighted by Crippen LogP contribution is -2.32. The van der Waals surface area contributed by atoms with E-state index in [1.807, 2.05) is 18.0 Å². The van der Waals surface area contributed by atoms with E-state index in [4.69, 9.17) is 0 Å². The number of hydrogen-bond acceptors (Lipinski definition) is 4. The van der Waals surface area contributed by atoms with Crippen molar-refractivity contribution in [1.29, 1.82) is 0 Å². The first kappa shape index (κ1) is 15.3. The van der Waals surface area contributed by atoms with Gasteiger partial charge in [0.2, 0.25) is 0 Å². The molecule has 1 unspecified atom stereocenters. The molecule has 0 aliphatic rings. The number of thioether (sulfide) groups is 1. The van der Waals surface area contributed by atoms with E-state index in [0.29, 0.717) is 6.04 Å². The SMILES string of the molecule is CCNCc1cnc(N(C)C(C)CSC)c(C)c1. The number of hydrogen-bond donors (Lipinski definition) is 1. The molecule has 0 aromatic carbocycles. The van der Waals surface area contributed by atoms with Crippen molar-refractivity contribution >= 4 is 17.6 Å². The van der Waals surface area contributed by atoms with Gasteiger partial charge >= 0.3 is 0 Å². The van der Waals surface area contributed by atoms with Crippen LogP contribution >= 0.6 is 11.8 Å². The molecule has 0 fully saturated rings. The van der Waals surface area contributed by atoms with Gasteiger partial charge in [0, 0.05) is 31.6 Å². The van der Waals surface area contributed by atoms with Crippen molar-refractivity contribution in [2.45, 2.75) is 33.4 Å². The van der Waals surface area contributed by atoms with Crippen LogP contribution in [0, 0.1) is 6.92 Å². The van der Waals surface area contributed by atoms with Crippen LogP contribution in [0.15, 0.2) is 12.3 Å². The van der Waals surface area contributed by atoms with Crippen LogP contribution in [-0.4, -0.2) is 36.6 Å². The number of nitrogens with one attached hydrogen (secondary N) is 1. The molecule has 3 nitrogen and oxygen atoms in total. The van der Waals surface area contributed by atoms with Crippen LogP contribution in [0.2, 0.25) is 0 Å². The second kappa shape index (κ2) is 7.64. The molecular formula is C14H25N3S. The van der Waals surface area contributed by atoms with Gasteiger partial charge in [-0.25, -0.2) is 4.98 Å². The Morgan fingerprint density at radius 2 is 2.22 bits per heavy atom. The van der Waals surface area contributed by atoms with Gasteiger partial charge in [-0.1, -0.05) is 6.92 Å². The molecule has 0 amide bonds. The molecular weight excluding hydrogens is 242 g/mol. The fourth-order valence-electron chi connectivity index (χ4n) is 1.92. The molecule has 4 heteroatoms. The average molecular weight is 267 g/mol. The molecule has 1 N–H and O–H groups in total. The summed E-state index contributed by atoms with van der Waals surface area (Å²) in [6, 6.07) is 2.73. The van der Waals surface area contributed by atoms with Crippen LogP contribution in [0.4, 0.5) is 5.82 Å². The number of pyridine rings is 1. The first-order chi connectivity index (χ1) is 8.60. The third kappa shape index (κ3) is 4.18. The maximum atomic E-state index is 4.61. The zero-order valence-corrected chi connectivity index (χ0v) is 13.0. The summed E-state index contributed by atoms with van der Waals surface area (Å²) in [4.78, 5) is 6.88. The summed E-state index contributed by atoms with van der Waals surface area (Å²) in [6.45, 7) is 8.39. The van der Waals surface area contributed by atoms with Crippen LogP contribution in [0.3, 0.4) is 0 Å². The van der Waals surface area contributed by atoms with Gasteiger partial charge in [0.15, 0.2) is 0 Å². The third-order valence-electron chi connectivity index (χ3n) is 3.09. The van der Waals surface area contributed by atoms with Crippen LogP contribution in [0.25, 0.3) is 0 Å². The van der Waals surface area contributed by atoms with Gasteiger partial charge in [0.05, 0.1) is 0 Å². The normalized spacial score (nSPS) is 12.5. The van der Waals surface area contributed by atoms with Gasteiger partial charge in [0.1, 0.15) is 5.82 Å². The Morgan fingerprint density at radius 3 is 2.78 bits per heavy atom. The minimum Gasteiger partial charge on any atom is -0.356 e. The molecule has 0 saturated heterocycles. The fourth-order valence-corrected chi connectivity index (χ4v) is 2.63. The minimum absolute atomic E-state index is 0.505. The van der Waals surface area contributed by atoms with E-state index in [0.717, 1.165) is 24.7 Å². The van der Waals surface area contributed by atoms with E-state index in [2.05, 4.69) is 55.3 Å². The lowest BCUT2D eigenvalue weighted by Gasteiger charge is -2.27. The molecule has 0 aliphatic heterocycles. The Morgan fingerprint density at radius 1 is 1.50 bits per heavy atom.